The highest BCUT2D eigenvalue weighted by atomic mass is 127. The first kappa shape index (κ1) is 17.2. The van der Waals surface area contributed by atoms with Gasteiger partial charge in [0.05, 0.1) is 13.2 Å². The van der Waals surface area contributed by atoms with E-state index in [1.807, 2.05) is 18.2 Å². The van der Waals surface area contributed by atoms with Gasteiger partial charge in [-0.2, -0.15) is 0 Å². The predicted octanol–water partition coefficient (Wildman–Crippen LogP) is 3.38. The lowest BCUT2D eigenvalue weighted by Gasteiger charge is -2.12. The summed E-state index contributed by atoms with van der Waals surface area (Å²) < 4.78 is 11.3. The molecule has 1 fully saturated rings. The van der Waals surface area contributed by atoms with Gasteiger partial charge in [-0.1, -0.05) is 6.92 Å². The number of nitrogens with one attached hydrogen (secondary N) is 1. The van der Waals surface area contributed by atoms with Crippen LogP contribution >= 0.6 is 24.0 Å². The molecular weight excluding hydrogens is 393 g/mol. The molecule has 1 aromatic carbocycles. The molecule has 0 saturated heterocycles. The Bertz CT molecular complexity index is 544. The summed E-state index contributed by atoms with van der Waals surface area (Å²) in [4.78, 5) is 4.47. The van der Waals surface area contributed by atoms with Gasteiger partial charge in [0.15, 0.2) is 17.5 Å². The number of ether oxygens (including phenoxy) is 2. The van der Waals surface area contributed by atoms with Crippen molar-refractivity contribution in [2.75, 3.05) is 25.1 Å². The van der Waals surface area contributed by atoms with E-state index < -0.39 is 0 Å². The van der Waals surface area contributed by atoms with Crippen LogP contribution in [0, 0.1) is 5.41 Å². The van der Waals surface area contributed by atoms with E-state index in [-0.39, 0.29) is 24.0 Å². The molecule has 1 saturated carbocycles. The van der Waals surface area contributed by atoms with Gasteiger partial charge in [0.2, 0.25) is 0 Å². The minimum Gasteiger partial charge on any atom is -0.490 e. The third kappa shape index (κ3) is 4.18. The SMILES string of the molecule is CCC1(CN=C(N)Nc2ccc3c(c2)OCCCO3)CC1.I. The molecule has 2 aliphatic rings. The fourth-order valence-electron chi connectivity index (χ4n) is 2.48. The Morgan fingerprint density at radius 3 is 2.68 bits per heavy atom. The molecule has 1 aliphatic carbocycles. The summed E-state index contributed by atoms with van der Waals surface area (Å²) in [6, 6.07) is 5.75. The predicted molar refractivity (Wildman–Crippen MR) is 99.5 cm³/mol. The number of nitrogens with zero attached hydrogens (tertiary/aromatic N) is 1. The largest absolute Gasteiger partial charge is 0.490 e. The summed E-state index contributed by atoms with van der Waals surface area (Å²) in [7, 11) is 0. The van der Waals surface area contributed by atoms with E-state index in [1.165, 1.54) is 19.3 Å². The first-order valence-corrected chi connectivity index (χ1v) is 7.67. The second kappa shape index (κ2) is 7.39. The van der Waals surface area contributed by atoms with E-state index >= 15 is 0 Å². The van der Waals surface area contributed by atoms with Crippen molar-refractivity contribution < 1.29 is 9.47 Å². The fourth-order valence-corrected chi connectivity index (χ4v) is 2.48. The maximum Gasteiger partial charge on any atom is 0.193 e. The third-order valence-electron chi connectivity index (χ3n) is 4.31. The van der Waals surface area contributed by atoms with E-state index in [4.69, 9.17) is 15.2 Å². The van der Waals surface area contributed by atoms with Crippen molar-refractivity contribution in [3.05, 3.63) is 18.2 Å². The zero-order valence-electron chi connectivity index (χ0n) is 12.9. The van der Waals surface area contributed by atoms with E-state index in [0.29, 0.717) is 24.6 Å². The molecule has 0 bridgehead atoms. The second-order valence-corrected chi connectivity index (χ2v) is 5.89. The van der Waals surface area contributed by atoms with Crippen LogP contribution in [-0.4, -0.2) is 25.7 Å². The normalized spacial score (nSPS) is 18.9. The second-order valence-electron chi connectivity index (χ2n) is 5.89. The van der Waals surface area contributed by atoms with Gasteiger partial charge in [-0.3, -0.25) is 4.99 Å². The highest BCUT2D eigenvalue weighted by Crippen LogP contribution is 2.48. The van der Waals surface area contributed by atoms with Gasteiger partial charge in [-0.25, -0.2) is 0 Å². The summed E-state index contributed by atoms with van der Waals surface area (Å²) in [6.07, 6.45) is 4.61. The monoisotopic (exact) mass is 417 g/mol. The van der Waals surface area contributed by atoms with Gasteiger partial charge >= 0.3 is 0 Å². The summed E-state index contributed by atoms with van der Waals surface area (Å²) in [6.45, 7) is 4.41. The summed E-state index contributed by atoms with van der Waals surface area (Å²) in [5, 5.41) is 3.13. The lowest BCUT2D eigenvalue weighted by Crippen LogP contribution is -2.24. The van der Waals surface area contributed by atoms with E-state index in [2.05, 4.69) is 17.2 Å². The average Bonchev–Trinajstić information content (AvgIpc) is 3.29. The summed E-state index contributed by atoms with van der Waals surface area (Å²) in [5.74, 6) is 2.01. The Morgan fingerprint density at radius 2 is 2.00 bits per heavy atom. The molecule has 1 heterocycles. The number of hydrogen-bond donors (Lipinski definition) is 2. The van der Waals surface area contributed by atoms with Crippen molar-refractivity contribution >= 4 is 35.6 Å². The fraction of sp³-hybridized carbons (Fsp3) is 0.562. The minimum absolute atomic E-state index is 0. The lowest BCUT2D eigenvalue weighted by atomic mass is 10.1. The van der Waals surface area contributed by atoms with Crippen molar-refractivity contribution in [3.8, 4) is 11.5 Å². The zero-order valence-corrected chi connectivity index (χ0v) is 15.3. The molecule has 0 spiro atoms. The van der Waals surface area contributed by atoms with Crippen molar-refractivity contribution in [1.82, 2.24) is 0 Å². The first-order valence-electron chi connectivity index (χ1n) is 7.67. The number of nitrogens with two attached hydrogens (primary N) is 1. The quantitative estimate of drug-likeness (QED) is 0.448. The smallest absolute Gasteiger partial charge is 0.193 e. The molecule has 6 heteroatoms. The molecule has 3 rings (SSSR count). The minimum atomic E-state index is 0. The molecule has 1 aliphatic heterocycles. The molecule has 0 radical (unpaired) electrons. The maximum atomic E-state index is 5.97. The number of aliphatic imine (C=N–C) groups is 1. The molecular formula is C16H24IN3O2. The van der Waals surface area contributed by atoms with Crippen molar-refractivity contribution in [2.24, 2.45) is 16.1 Å². The number of guanidine groups is 1. The Balaban J connectivity index is 0.00000176. The Hall–Kier alpha value is -1.18. The molecule has 122 valence electrons. The van der Waals surface area contributed by atoms with E-state index in [0.717, 1.165) is 30.2 Å². The van der Waals surface area contributed by atoms with Crippen LogP contribution in [0.2, 0.25) is 0 Å². The molecule has 0 unspecified atom stereocenters. The molecule has 0 amide bonds. The first-order chi connectivity index (χ1) is 10.2. The van der Waals surface area contributed by atoms with Crippen LogP contribution in [-0.2, 0) is 0 Å². The van der Waals surface area contributed by atoms with E-state index in [1.54, 1.807) is 0 Å². The van der Waals surface area contributed by atoms with Crippen molar-refractivity contribution in [1.29, 1.82) is 0 Å². The number of hydrogen-bond acceptors (Lipinski definition) is 3. The molecule has 1 aromatic rings. The van der Waals surface area contributed by atoms with Gasteiger partial charge in [-0.15, -0.1) is 24.0 Å². The van der Waals surface area contributed by atoms with Crippen LogP contribution in [0.15, 0.2) is 23.2 Å². The highest BCUT2D eigenvalue weighted by Gasteiger charge is 2.40. The number of benzene rings is 1. The van der Waals surface area contributed by atoms with Crippen molar-refractivity contribution in [3.63, 3.8) is 0 Å². The molecule has 0 atom stereocenters. The molecule has 3 N–H and O–H groups in total. The van der Waals surface area contributed by atoms with Crippen LogP contribution in [0.1, 0.15) is 32.6 Å². The highest BCUT2D eigenvalue weighted by molar-refractivity contribution is 14.0. The number of anilines is 1. The molecule has 0 aromatic heterocycles. The van der Waals surface area contributed by atoms with Gasteiger partial charge in [0.25, 0.3) is 0 Å². The van der Waals surface area contributed by atoms with E-state index in [9.17, 15) is 0 Å². The average molecular weight is 417 g/mol. The molecule has 5 nitrogen and oxygen atoms in total. The van der Waals surface area contributed by atoms with Crippen LogP contribution in [0.4, 0.5) is 5.69 Å². The number of rotatable bonds is 4. The van der Waals surface area contributed by atoms with Gasteiger partial charge < -0.3 is 20.5 Å². The maximum absolute atomic E-state index is 5.97. The number of halogens is 1. The van der Waals surface area contributed by atoms with Gasteiger partial charge in [0, 0.05) is 24.7 Å². The standard InChI is InChI=1S/C16H23N3O2.HI/c1-2-16(6-7-16)11-18-15(17)19-12-4-5-13-14(10-12)21-9-3-8-20-13;/h4-5,10H,2-3,6-9,11H2,1H3,(H3,17,18,19);1H. The van der Waals surface area contributed by atoms with Gasteiger partial charge in [0.1, 0.15) is 0 Å². The van der Waals surface area contributed by atoms with Gasteiger partial charge in [-0.05, 0) is 36.8 Å². The van der Waals surface area contributed by atoms with Crippen molar-refractivity contribution in [2.45, 2.75) is 32.6 Å². The summed E-state index contributed by atoms with van der Waals surface area (Å²) >= 11 is 0. The Kier molecular flexibility index (Phi) is 5.77. The van der Waals surface area contributed by atoms with Crippen LogP contribution in [0.3, 0.4) is 0 Å². The number of fused-ring (bicyclic) bond motifs is 1. The Morgan fingerprint density at radius 1 is 1.27 bits per heavy atom. The Labute approximate surface area is 148 Å². The molecule has 22 heavy (non-hydrogen) atoms. The third-order valence-corrected chi connectivity index (χ3v) is 4.31. The lowest BCUT2D eigenvalue weighted by molar-refractivity contribution is 0.297. The van der Waals surface area contributed by atoms with Crippen LogP contribution < -0.4 is 20.5 Å². The zero-order chi connectivity index (χ0) is 14.7. The van der Waals surface area contributed by atoms with Crippen LogP contribution in [0.25, 0.3) is 0 Å². The van der Waals surface area contributed by atoms with Crippen LogP contribution in [0.5, 0.6) is 11.5 Å². The summed E-state index contributed by atoms with van der Waals surface area (Å²) in [5.41, 5.74) is 7.26. The topological polar surface area (TPSA) is 68.9 Å².